The molecule has 1 aliphatic rings. The molecular weight excluding hydrogens is 158 g/mol. The van der Waals surface area contributed by atoms with Crippen LogP contribution in [0.1, 0.15) is 25.7 Å². The van der Waals surface area contributed by atoms with Crippen molar-refractivity contribution in [2.24, 2.45) is 5.92 Å². The van der Waals surface area contributed by atoms with Crippen molar-refractivity contribution in [2.75, 3.05) is 12.3 Å². The van der Waals surface area contributed by atoms with E-state index in [-0.39, 0.29) is 5.91 Å². The van der Waals surface area contributed by atoms with Crippen LogP contribution in [0.15, 0.2) is 0 Å². The van der Waals surface area contributed by atoms with Crippen molar-refractivity contribution < 1.29 is 4.79 Å². The maximum absolute atomic E-state index is 10.9. The molecule has 0 aliphatic heterocycles. The van der Waals surface area contributed by atoms with Crippen LogP contribution in [-0.2, 0) is 4.79 Å². The second-order valence-corrected chi connectivity index (χ2v) is 3.52. The van der Waals surface area contributed by atoms with Gasteiger partial charge in [0.05, 0.1) is 0 Å². The van der Waals surface area contributed by atoms with Gasteiger partial charge >= 0.3 is 0 Å². The zero-order valence-electron chi connectivity index (χ0n) is 6.68. The molecule has 11 heavy (non-hydrogen) atoms. The van der Waals surface area contributed by atoms with Crippen molar-refractivity contribution in [3.05, 3.63) is 0 Å². The lowest BCUT2D eigenvalue weighted by atomic mass is 9.85. The quantitative estimate of drug-likeness (QED) is 0.615. The monoisotopic (exact) mass is 173 g/mol. The molecule has 1 fully saturated rings. The molecule has 2 nitrogen and oxygen atoms in total. The fourth-order valence-corrected chi connectivity index (χ4v) is 1.35. The highest BCUT2D eigenvalue weighted by atomic mass is 32.1. The van der Waals surface area contributed by atoms with Crippen molar-refractivity contribution in [1.29, 1.82) is 0 Å². The molecule has 0 atom stereocenters. The molecule has 3 heteroatoms. The molecule has 1 amide bonds. The van der Waals surface area contributed by atoms with E-state index in [1.54, 1.807) is 0 Å². The van der Waals surface area contributed by atoms with Gasteiger partial charge in [-0.3, -0.25) is 4.79 Å². The predicted octanol–water partition coefficient (Wildman–Crippen LogP) is 1.22. The van der Waals surface area contributed by atoms with Crippen molar-refractivity contribution >= 4 is 18.5 Å². The van der Waals surface area contributed by atoms with Gasteiger partial charge in [-0.05, 0) is 24.5 Å². The summed E-state index contributed by atoms with van der Waals surface area (Å²) in [6, 6.07) is 0. The third kappa shape index (κ3) is 3.14. The number of hydrogen-bond donors (Lipinski definition) is 2. The highest BCUT2D eigenvalue weighted by molar-refractivity contribution is 7.80. The summed E-state index contributed by atoms with van der Waals surface area (Å²) in [7, 11) is 0. The largest absolute Gasteiger partial charge is 0.356 e. The molecule has 1 rings (SSSR count). The maximum atomic E-state index is 10.9. The van der Waals surface area contributed by atoms with Gasteiger partial charge in [0.15, 0.2) is 0 Å². The molecule has 0 spiro atoms. The molecule has 1 saturated carbocycles. The summed E-state index contributed by atoms with van der Waals surface area (Å²) in [5.41, 5.74) is 0. The molecule has 0 aromatic heterocycles. The van der Waals surface area contributed by atoms with Crippen LogP contribution >= 0.6 is 12.6 Å². The number of thiol groups is 1. The number of rotatable bonds is 4. The molecule has 0 saturated heterocycles. The maximum Gasteiger partial charge on any atom is 0.220 e. The Bertz CT molecular complexity index is 134. The smallest absolute Gasteiger partial charge is 0.220 e. The average Bonchev–Trinajstić information content (AvgIpc) is 1.85. The fourth-order valence-electron chi connectivity index (χ4n) is 1.15. The van der Waals surface area contributed by atoms with Crippen LogP contribution in [0.5, 0.6) is 0 Å². The lowest BCUT2D eigenvalue weighted by Gasteiger charge is -2.25. The summed E-state index contributed by atoms with van der Waals surface area (Å²) in [5, 5.41) is 2.90. The molecule has 0 unspecified atom stereocenters. The third-order valence-corrected chi connectivity index (χ3v) is 2.38. The minimum atomic E-state index is 0.145. The molecule has 0 bridgehead atoms. The number of hydrogen-bond acceptors (Lipinski definition) is 2. The summed E-state index contributed by atoms with van der Waals surface area (Å²) in [6.45, 7) is 0.882. The first-order chi connectivity index (χ1) is 5.33. The van der Waals surface area contributed by atoms with Crippen molar-refractivity contribution in [3.63, 3.8) is 0 Å². The number of nitrogens with one attached hydrogen (secondary N) is 1. The van der Waals surface area contributed by atoms with E-state index in [0.29, 0.717) is 12.2 Å². The summed E-state index contributed by atoms with van der Waals surface area (Å²) < 4.78 is 0. The molecule has 1 N–H and O–H groups in total. The number of carbonyl (C=O) groups is 1. The van der Waals surface area contributed by atoms with Crippen LogP contribution < -0.4 is 5.32 Å². The van der Waals surface area contributed by atoms with Crippen LogP contribution in [0.2, 0.25) is 0 Å². The lowest BCUT2D eigenvalue weighted by Crippen LogP contribution is -2.32. The van der Waals surface area contributed by atoms with Crippen LogP contribution in [0.25, 0.3) is 0 Å². The highest BCUT2D eigenvalue weighted by Gasteiger charge is 2.17. The fraction of sp³-hybridized carbons (Fsp3) is 0.875. The summed E-state index contributed by atoms with van der Waals surface area (Å²) in [6.07, 6.45) is 4.48. The van der Waals surface area contributed by atoms with Crippen molar-refractivity contribution in [3.8, 4) is 0 Å². The first-order valence-corrected chi connectivity index (χ1v) is 4.83. The van der Waals surface area contributed by atoms with E-state index in [1.165, 1.54) is 19.3 Å². The van der Waals surface area contributed by atoms with Gasteiger partial charge in [0, 0.05) is 13.0 Å². The molecule has 1 aliphatic carbocycles. The van der Waals surface area contributed by atoms with E-state index >= 15 is 0 Å². The summed E-state index contributed by atoms with van der Waals surface area (Å²) in [4.78, 5) is 10.9. The van der Waals surface area contributed by atoms with E-state index in [4.69, 9.17) is 0 Å². The Hall–Kier alpha value is -0.180. The second-order valence-electron chi connectivity index (χ2n) is 3.07. The second kappa shape index (κ2) is 4.65. The zero-order valence-corrected chi connectivity index (χ0v) is 7.57. The first-order valence-electron chi connectivity index (χ1n) is 4.20. The minimum Gasteiger partial charge on any atom is -0.356 e. The topological polar surface area (TPSA) is 29.1 Å². The van der Waals surface area contributed by atoms with Crippen LogP contribution in [0, 0.1) is 5.92 Å². The van der Waals surface area contributed by atoms with Crippen LogP contribution in [0.3, 0.4) is 0 Å². The normalized spacial score (nSPS) is 17.5. The van der Waals surface area contributed by atoms with Gasteiger partial charge in [0.1, 0.15) is 0 Å². The van der Waals surface area contributed by atoms with E-state index in [0.717, 1.165) is 12.5 Å². The molecule has 0 heterocycles. The Kier molecular flexibility index (Phi) is 3.77. The number of carbonyl (C=O) groups excluding carboxylic acids is 1. The Labute approximate surface area is 73.2 Å². The lowest BCUT2D eigenvalue weighted by molar-refractivity contribution is -0.120. The van der Waals surface area contributed by atoms with Gasteiger partial charge in [-0.2, -0.15) is 12.6 Å². The Morgan fingerprint density at radius 3 is 2.73 bits per heavy atom. The highest BCUT2D eigenvalue weighted by Crippen LogP contribution is 2.24. The first kappa shape index (κ1) is 8.91. The Morgan fingerprint density at radius 2 is 2.27 bits per heavy atom. The molecule has 0 aromatic rings. The van der Waals surface area contributed by atoms with Gasteiger partial charge in [-0.25, -0.2) is 0 Å². The van der Waals surface area contributed by atoms with E-state index in [2.05, 4.69) is 17.9 Å². The standard InChI is InChI=1S/C8H15NOS/c10-8(4-5-11)9-6-7-2-1-3-7/h7,11H,1-6H2,(H,9,10). The van der Waals surface area contributed by atoms with Gasteiger partial charge in [0.25, 0.3) is 0 Å². The van der Waals surface area contributed by atoms with Crippen LogP contribution in [-0.4, -0.2) is 18.2 Å². The van der Waals surface area contributed by atoms with Gasteiger partial charge in [0.2, 0.25) is 5.91 Å². The van der Waals surface area contributed by atoms with Crippen molar-refractivity contribution in [1.82, 2.24) is 5.32 Å². The Morgan fingerprint density at radius 1 is 1.55 bits per heavy atom. The molecule has 64 valence electrons. The van der Waals surface area contributed by atoms with Gasteiger partial charge in [-0.15, -0.1) is 0 Å². The molecule has 0 aromatic carbocycles. The Balaban J connectivity index is 1.96. The summed E-state index contributed by atoms with van der Waals surface area (Å²) in [5.74, 6) is 1.56. The average molecular weight is 173 g/mol. The van der Waals surface area contributed by atoms with Gasteiger partial charge < -0.3 is 5.32 Å². The van der Waals surface area contributed by atoms with E-state index in [9.17, 15) is 4.79 Å². The predicted molar refractivity (Wildman–Crippen MR) is 48.8 cm³/mol. The minimum absolute atomic E-state index is 0.145. The number of amides is 1. The third-order valence-electron chi connectivity index (χ3n) is 2.15. The van der Waals surface area contributed by atoms with E-state index < -0.39 is 0 Å². The van der Waals surface area contributed by atoms with E-state index in [1.807, 2.05) is 0 Å². The molecule has 0 radical (unpaired) electrons. The zero-order chi connectivity index (χ0) is 8.10. The SMILES string of the molecule is O=C(CCS)NCC1CCC1. The van der Waals surface area contributed by atoms with Crippen LogP contribution in [0.4, 0.5) is 0 Å². The van der Waals surface area contributed by atoms with Crippen molar-refractivity contribution in [2.45, 2.75) is 25.7 Å². The summed E-state index contributed by atoms with van der Waals surface area (Å²) >= 11 is 3.98. The van der Waals surface area contributed by atoms with Gasteiger partial charge in [-0.1, -0.05) is 6.42 Å². The molecular formula is C8H15NOS.